The van der Waals surface area contributed by atoms with Crippen molar-refractivity contribution in [3.8, 4) is 0 Å². The minimum Gasteiger partial charge on any atom is -0.361 e. The largest absolute Gasteiger partial charge is 0.361 e. The van der Waals surface area contributed by atoms with Crippen molar-refractivity contribution < 1.29 is 14.3 Å². The van der Waals surface area contributed by atoms with Crippen molar-refractivity contribution in [2.75, 3.05) is 53.4 Å². The van der Waals surface area contributed by atoms with Gasteiger partial charge in [0.15, 0.2) is 5.60 Å². The number of rotatable bonds is 5. The molecule has 1 aromatic carbocycles. The van der Waals surface area contributed by atoms with E-state index in [1.165, 1.54) is 0 Å². The van der Waals surface area contributed by atoms with Crippen molar-refractivity contribution in [1.82, 2.24) is 20.0 Å². The van der Waals surface area contributed by atoms with Gasteiger partial charge in [-0.05, 0) is 32.5 Å². The minimum atomic E-state index is -0.993. The standard InChI is InChI=1S/C21H30N4O3/c1-23(2)10-11-24-14-18(16-6-4-3-5-7-16)21(19(24)26)15-25(12-13-28-21)20(27)22-17-8-9-17/h3-7,17-18H,8-15H2,1-2H3,(H,22,27)/t18-,21+/m1/s1. The predicted octanol–water partition coefficient (Wildman–Crippen LogP) is 1.12. The van der Waals surface area contributed by atoms with E-state index in [1.54, 1.807) is 4.90 Å². The number of morpholine rings is 1. The van der Waals surface area contributed by atoms with Crippen molar-refractivity contribution in [2.45, 2.75) is 30.4 Å². The van der Waals surface area contributed by atoms with Crippen LogP contribution in [0.25, 0.3) is 0 Å². The van der Waals surface area contributed by atoms with Gasteiger partial charge in [0.25, 0.3) is 5.91 Å². The van der Waals surface area contributed by atoms with Gasteiger partial charge in [0, 0.05) is 38.1 Å². The molecule has 2 heterocycles. The molecule has 1 spiro atoms. The maximum absolute atomic E-state index is 13.5. The van der Waals surface area contributed by atoms with E-state index in [9.17, 15) is 9.59 Å². The van der Waals surface area contributed by atoms with Crippen LogP contribution < -0.4 is 5.32 Å². The summed E-state index contributed by atoms with van der Waals surface area (Å²) in [5, 5.41) is 3.05. The van der Waals surface area contributed by atoms with E-state index < -0.39 is 5.60 Å². The molecule has 2 saturated heterocycles. The van der Waals surface area contributed by atoms with Crippen LogP contribution in [0.3, 0.4) is 0 Å². The van der Waals surface area contributed by atoms with Gasteiger partial charge in [0.05, 0.1) is 13.2 Å². The van der Waals surface area contributed by atoms with Crippen molar-refractivity contribution in [1.29, 1.82) is 0 Å². The average Bonchev–Trinajstić information content (AvgIpc) is 3.48. The van der Waals surface area contributed by atoms with E-state index in [2.05, 4.69) is 22.3 Å². The Kier molecular flexibility index (Phi) is 5.29. The molecule has 3 aliphatic rings. The third kappa shape index (κ3) is 3.73. The van der Waals surface area contributed by atoms with Crippen molar-refractivity contribution >= 4 is 11.9 Å². The lowest BCUT2D eigenvalue weighted by Gasteiger charge is -2.42. The second-order valence-electron chi connectivity index (χ2n) is 8.40. The molecule has 1 N–H and O–H groups in total. The summed E-state index contributed by atoms with van der Waals surface area (Å²) in [6.07, 6.45) is 2.09. The first-order valence-electron chi connectivity index (χ1n) is 10.2. The number of urea groups is 1. The van der Waals surface area contributed by atoms with Gasteiger partial charge < -0.3 is 24.8 Å². The van der Waals surface area contributed by atoms with Crippen LogP contribution in [0.15, 0.2) is 30.3 Å². The van der Waals surface area contributed by atoms with Crippen LogP contribution in [-0.2, 0) is 9.53 Å². The van der Waals surface area contributed by atoms with E-state index in [0.29, 0.717) is 38.8 Å². The van der Waals surface area contributed by atoms with Crippen LogP contribution in [0.2, 0.25) is 0 Å². The number of nitrogens with one attached hydrogen (secondary N) is 1. The molecule has 28 heavy (non-hydrogen) atoms. The molecule has 0 radical (unpaired) electrons. The number of hydrogen-bond donors (Lipinski definition) is 1. The number of amides is 3. The number of hydrogen-bond acceptors (Lipinski definition) is 4. The molecule has 0 bridgehead atoms. The highest BCUT2D eigenvalue weighted by atomic mass is 16.5. The number of ether oxygens (including phenoxy) is 1. The summed E-state index contributed by atoms with van der Waals surface area (Å²) in [5.74, 6) is -0.0768. The maximum Gasteiger partial charge on any atom is 0.317 e. The highest BCUT2D eigenvalue weighted by Crippen LogP contribution is 2.42. The van der Waals surface area contributed by atoms with Crippen LogP contribution >= 0.6 is 0 Å². The SMILES string of the molecule is CN(C)CCN1C[C@H](c2ccccc2)[C@@]2(CN(C(=O)NC3CC3)CCO2)C1=O. The fraction of sp³-hybridized carbons (Fsp3) is 0.619. The van der Waals surface area contributed by atoms with Crippen LogP contribution in [-0.4, -0.2) is 91.7 Å². The monoisotopic (exact) mass is 386 g/mol. The molecule has 3 fully saturated rings. The van der Waals surface area contributed by atoms with Gasteiger partial charge in [-0.25, -0.2) is 4.79 Å². The van der Waals surface area contributed by atoms with Crippen molar-refractivity contribution in [3.63, 3.8) is 0 Å². The third-order valence-electron chi connectivity index (χ3n) is 5.97. The Hall–Kier alpha value is -2.12. The number of benzene rings is 1. The number of nitrogens with zero attached hydrogens (tertiary/aromatic N) is 3. The van der Waals surface area contributed by atoms with E-state index in [4.69, 9.17) is 4.74 Å². The molecule has 1 aromatic rings. The second kappa shape index (κ2) is 7.72. The van der Waals surface area contributed by atoms with Crippen LogP contribution in [0.5, 0.6) is 0 Å². The molecule has 152 valence electrons. The Labute approximate surface area is 166 Å². The summed E-state index contributed by atoms with van der Waals surface area (Å²) in [4.78, 5) is 31.9. The summed E-state index contributed by atoms with van der Waals surface area (Å²) in [6, 6.07) is 10.3. The molecule has 3 amide bonds. The zero-order valence-corrected chi connectivity index (χ0v) is 16.8. The van der Waals surface area contributed by atoms with E-state index in [1.807, 2.05) is 37.2 Å². The fourth-order valence-electron chi connectivity index (χ4n) is 4.19. The van der Waals surface area contributed by atoms with Gasteiger partial charge in [0.2, 0.25) is 0 Å². The molecule has 1 aliphatic carbocycles. The quantitative estimate of drug-likeness (QED) is 0.824. The molecular formula is C21H30N4O3. The lowest BCUT2D eigenvalue weighted by Crippen LogP contribution is -2.61. The number of likely N-dealkylation sites (tertiary alicyclic amines) is 1. The zero-order chi connectivity index (χ0) is 19.7. The first-order chi connectivity index (χ1) is 13.5. The lowest BCUT2D eigenvalue weighted by atomic mass is 9.83. The molecule has 1 saturated carbocycles. The molecular weight excluding hydrogens is 356 g/mol. The summed E-state index contributed by atoms with van der Waals surface area (Å²) in [6.45, 7) is 3.29. The predicted molar refractivity (Wildman–Crippen MR) is 106 cm³/mol. The van der Waals surface area contributed by atoms with Gasteiger partial charge in [-0.15, -0.1) is 0 Å². The topological polar surface area (TPSA) is 65.1 Å². The zero-order valence-electron chi connectivity index (χ0n) is 16.8. The summed E-state index contributed by atoms with van der Waals surface area (Å²) in [5.41, 5.74) is 0.0972. The summed E-state index contributed by atoms with van der Waals surface area (Å²) >= 11 is 0. The Morgan fingerprint density at radius 3 is 2.71 bits per heavy atom. The molecule has 2 aliphatic heterocycles. The van der Waals surface area contributed by atoms with Gasteiger partial charge in [-0.2, -0.15) is 0 Å². The van der Waals surface area contributed by atoms with Crippen LogP contribution in [0.4, 0.5) is 4.79 Å². The van der Waals surface area contributed by atoms with Gasteiger partial charge >= 0.3 is 6.03 Å². The fourth-order valence-corrected chi connectivity index (χ4v) is 4.19. The normalized spacial score (nSPS) is 27.7. The van der Waals surface area contributed by atoms with E-state index in [-0.39, 0.29) is 17.9 Å². The van der Waals surface area contributed by atoms with Gasteiger partial charge in [0.1, 0.15) is 0 Å². The summed E-state index contributed by atoms with van der Waals surface area (Å²) in [7, 11) is 4.01. The number of likely N-dealkylation sites (N-methyl/N-ethyl adjacent to an activating group) is 1. The van der Waals surface area contributed by atoms with E-state index >= 15 is 0 Å². The molecule has 0 aromatic heterocycles. The lowest BCUT2D eigenvalue weighted by molar-refractivity contribution is -0.159. The van der Waals surface area contributed by atoms with Crippen LogP contribution in [0, 0.1) is 0 Å². The summed E-state index contributed by atoms with van der Waals surface area (Å²) < 4.78 is 6.22. The van der Waals surface area contributed by atoms with Crippen LogP contribution in [0.1, 0.15) is 24.3 Å². The number of carbonyl (C=O) groups excluding carboxylic acids is 2. The highest BCUT2D eigenvalue weighted by Gasteiger charge is 2.58. The molecule has 7 nitrogen and oxygen atoms in total. The number of carbonyl (C=O) groups is 2. The smallest absolute Gasteiger partial charge is 0.317 e. The first kappa shape index (κ1) is 19.2. The minimum absolute atomic E-state index is 0.00660. The molecule has 0 unspecified atom stereocenters. The molecule has 2 atom stereocenters. The average molecular weight is 386 g/mol. The Bertz CT molecular complexity index is 722. The van der Waals surface area contributed by atoms with Gasteiger partial charge in [-0.1, -0.05) is 30.3 Å². The first-order valence-corrected chi connectivity index (χ1v) is 10.2. The molecule has 4 rings (SSSR count). The highest BCUT2D eigenvalue weighted by molar-refractivity contribution is 5.90. The maximum atomic E-state index is 13.5. The van der Waals surface area contributed by atoms with Crippen molar-refractivity contribution in [2.24, 2.45) is 0 Å². The third-order valence-corrected chi connectivity index (χ3v) is 5.97. The van der Waals surface area contributed by atoms with Crippen molar-refractivity contribution in [3.05, 3.63) is 35.9 Å². The molecule has 7 heteroatoms. The van der Waals surface area contributed by atoms with E-state index in [0.717, 1.165) is 24.9 Å². The second-order valence-corrected chi connectivity index (χ2v) is 8.40. The Morgan fingerprint density at radius 1 is 1.29 bits per heavy atom. The Morgan fingerprint density at radius 2 is 2.04 bits per heavy atom. The van der Waals surface area contributed by atoms with Gasteiger partial charge in [-0.3, -0.25) is 4.79 Å². The Balaban J connectivity index is 1.59.